The van der Waals surface area contributed by atoms with E-state index in [0.29, 0.717) is 0 Å². The summed E-state index contributed by atoms with van der Waals surface area (Å²) in [4.78, 5) is 0. The van der Waals surface area contributed by atoms with Crippen molar-refractivity contribution in [2.45, 2.75) is 57.2 Å². The third-order valence-electron chi connectivity index (χ3n) is 3.11. The van der Waals surface area contributed by atoms with Crippen LogP contribution in [0.2, 0.25) is 0 Å². The third kappa shape index (κ3) is 3.28. The molecule has 0 amide bonds. The summed E-state index contributed by atoms with van der Waals surface area (Å²) in [6, 6.07) is 0. The fourth-order valence-electron chi connectivity index (χ4n) is 2.11. The van der Waals surface area contributed by atoms with Gasteiger partial charge in [-0.3, -0.25) is 0 Å². The van der Waals surface area contributed by atoms with E-state index in [0.717, 1.165) is 12.8 Å². The Hall–Kier alpha value is -0.0800. The van der Waals surface area contributed by atoms with Crippen LogP contribution in [0.15, 0.2) is 0 Å². The highest BCUT2D eigenvalue weighted by Crippen LogP contribution is 2.28. The summed E-state index contributed by atoms with van der Waals surface area (Å²) in [7, 11) is 3.53. The molecule has 0 bridgehead atoms. The highest BCUT2D eigenvalue weighted by atomic mass is 16.7. The summed E-state index contributed by atoms with van der Waals surface area (Å²) in [5.74, 6) is -0.273. The van der Waals surface area contributed by atoms with Gasteiger partial charge in [0.1, 0.15) is 0 Å². The van der Waals surface area contributed by atoms with E-state index in [1.165, 1.54) is 38.5 Å². The second kappa shape index (κ2) is 5.61. The molecule has 0 unspecified atom stereocenters. The first kappa shape index (κ1) is 11.0. The predicted molar refractivity (Wildman–Crippen MR) is 53.7 cm³/mol. The maximum Gasteiger partial charge on any atom is 0.167 e. The van der Waals surface area contributed by atoms with E-state index in [-0.39, 0.29) is 5.79 Å². The Bertz CT molecular complexity index is 118. The average Bonchev–Trinajstić information content (AvgIpc) is 2.29. The topological polar surface area (TPSA) is 18.5 Å². The summed E-state index contributed by atoms with van der Waals surface area (Å²) in [5, 5.41) is 0. The van der Waals surface area contributed by atoms with Crippen LogP contribution < -0.4 is 0 Å². The molecule has 0 radical (unpaired) electrons. The zero-order chi connectivity index (χ0) is 9.57. The number of hydrogen-bond acceptors (Lipinski definition) is 2. The SMILES string of the molecule is COC1(OC)CCCCCCCC1. The summed E-state index contributed by atoms with van der Waals surface area (Å²) in [6.07, 6.45) is 10.00. The van der Waals surface area contributed by atoms with Crippen LogP contribution in [-0.2, 0) is 9.47 Å². The lowest BCUT2D eigenvalue weighted by atomic mass is 10.0. The molecule has 2 nitrogen and oxygen atoms in total. The number of methoxy groups -OCH3 is 2. The van der Waals surface area contributed by atoms with E-state index in [4.69, 9.17) is 9.47 Å². The molecule has 1 rings (SSSR count). The van der Waals surface area contributed by atoms with Gasteiger partial charge in [-0.1, -0.05) is 25.7 Å². The molecule has 1 aliphatic carbocycles. The molecule has 0 aromatic carbocycles. The zero-order valence-electron chi connectivity index (χ0n) is 8.97. The minimum atomic E-state index is -0.273. The van der Waals surface area contributed by atoms with E-state index < -0.39 is 0 Å². The zero-order valence-corrected chi connectivity index (χ0v) is 8.97. The van der Waals surface area contributed by atoms with Crippen molar-refractivity contribution < 1.29 is 9.47 Å². The van der Waals surface area contributed by atoms with Crippen molar-refractivity contribution in [3.05, 3.63) is 0 Å². The van der Waals surface area contributed by atoms with Crippen molar-refractivity contribution >= 4 is 0 Å². The standard InChI is InChI=1S/C11H22O2/c1-12-11(13-2)9-7-5-3-4-6-8-10-11/h3-10H2,1-2H3. The van der Waals surface area contributed by atoms with Gasteiger partial charge in [-0.25, -0.2) is 0 Å². The van der Waals surface area contributed by atoms with E-state index >= 15 is 0 Å². The lowest BCUT2D eigenvalue weighted by molar-refractivity contribution is -0.215. The third-order valence-corrected chi connectivity index (χ3v) is 3.11. The van der Waals surface area contributed by atoms with Crippen LogP contribution in [0.3, 0.4) is 0 Å². The van der Waals surface area contributed by atoms with Gasteiger partial charge >= 0.3 is 0 Å². The summed E-state index contributed by atoms with van der Waals surface area (Å²) >= 11 is 0. The van der Waals surface area contributed by atoms with Gasteiger partial charge in [0.25, 0.3) is 0 Å². The maximum atomic E-state index is 5.50. The van der Waals surface area contributed by atoms with Crippen LogP contribution in [0.5, 0.6) is 0 Å². The Kier molecular flexibility index (Phi) is 4.74. The quantitative estimate of drug-likeness (QED) is 0.617. The molecule has 1 aliphatic rings. The molecule has 2 heteroatoms. The largest absolute Gasteiger partial charge is 0.353 e. The highest BCUT2D eigenvalue weighted by molar-refractivity contribution is 4.71. The lowest BCUT2D eigenvalue weighted by Gasteiger charge is -2.30. The second-order valence-corrected chi connectivity index (χ2v) is 3.94. The number of ether oxygens (including phenoxy) is 2. The van der Waals surface area contributed by atoms with Crippen LogP contribution in [0, 0.1) is 0 Å². The average molecular weight is 186 g/mol. The Morgan fingerprint density at radius 2 is 1.08 bits per heavy atom. The monoisotopic (exact) mass is 186 g/mol. The fourth-order valence-corrected chi connectivity index (χ4v) is 2.11. The van der Waals surface area contributed by atoms with Crippen molar-refractivity contribution in [3.63, 3.8) is 0 Å². The van der Waals surface area contributed by atoms with E-state index in [1.807, 2.05) is 0 Å². The lowest BCUT2D eigenvalue weighted by Crippen LogP contribution is -2.33. The van der Waals surface area contributed by atoms with Gasteiger partial charge in [0, 0.05) is 27.1 Å². The highest BCUT2D eigenvalue weighted by Gasteiger charge is 2.28. The van der Waals surface area contributed by atoms with E-state index in [1.54, 1.807) is 14.2 Å². The molecule has 1 saturated carbocycles. The van der Waals surface area contributed by atoms with Crippen LogP contribution in [0.1, 0.15) is 51.4 Å². The first-order valence-electron chi connectivity index (χ1n) is 5.43. The molecule has 13 heavy (non-hydrogen) atoms. The second-order valence-electron chi connectivity index (χ2n) is 3.94. The molecule has 0 atom stereocenters. The first-order chi connectivity index (χ1) is 6.33. The van der Waals surface area contributed by atoms with Crippen LogP contribution in [0.25, 0.3) is 0 Å². The molecule has 0 heterocycles. The van der Waals surface area contributed by atoms with Gasteiger partial charge < -0.3 is 9.47 Å². The molecule has 78 valence electrons. The van der Waals surface area contributed by atoms with Gasteiger partial charge in [0.2, 0.25) is 0 Å². The van der Waals surface area contributed by atoms with Gasteiger partial charge in [-0.15, -0.1) is 0 Å². The summed E-state index contributed by atoms with van der Waals surface area (Å²) in [6.45, 7) is 0. The smallest absolute Gasteiger partial charge is 0.167 e. The summed E-state index contributed by atoms with van der Waals surface area (Å²) in [5.41, 5.74) is 0. The molecule has 0 aliphatic heterocycles. The van der Waals surface area contributed by atoms with Crippen molar-refractivity contribution in [2.75, 3.05) is 14.2 Å². The van der Waals surface area contributed by atoms with Crippen LogP contribution >= 0.6 is 0 Å². The van der Waals surface area contributed by atoms with Crippen LogP contribution in [-0.4, -0.2) is 20.0 Å². The minimum absolute atomic E-state index is 0.273. The Balaban J connectivity index is 2.47. The Morgan fingerprint density at radius 1 is 0.692 bits per heavy atom. The van der Waals surface area contributed by atoms with E-state index in [2.05, 4.69) is 0 Å². The van der Waals surface area contributed by atoms with Gasteiger partial charge in [0.05, 0.1) is 0 Å². The molecule has 0 aromatic rings. The molecule has 0 spiro atoms. The normalized spacial score (nSPS) is 24.5. The Morgan fingerprint density at radius 3 is 1.46 bits per heavy atom. The predicted octanol–water partition coefficient (Wildman–Crippen LogP) is 3.11. The molecule has 0 saturated heterocycles. The number of hydrogen-bond donors (Lipinski definition) is 0. The van der Waals surface area contributed by atoms with Crippen molar-refractivity contribution in [1.29, 1.82) is 0 Å². The Labute approximate surface area is 81.6 Å². The number of rotatable bonds is 2. The van der Waals surface area contributed by atoms with E-state index in [9.17, 15) is 0 Å². The molecule has 1 fully saturated rings. The minimum Gasteiger partial charge on any atom is -0.353 e. The van der Waals surface area contributed by atoms with Gasteiger partial charge in [-0.2, -0.15) is 0 Å². The van der Waals surface area contributed by atoms with Crippen molar-refractivity contribution in [1.82, 2.24) is 0 Å². The van der Waals surface area contributed by atoms with Crippen molar-refractivity contribution in [3.8, 4) is 0 Å². The van der Waals surface area contributed by atoms with Crippen molar-refractivity contribution in [2.24, 2.45) is 0 Å². The first-order valence-corrected chi connectivity index (χ1v) is 5.43. The summed E-state index contributed by atoms with van der Waals surface area (Å²) < 4.78 is 11.0. The maximum absolute atomic E-state index is 5.50. The fraction of sp³-hybridized carbons (Fsp3) is 1.00. The van der Waals surface area contributed by atoms with Gasteiger partial charge in [0.15, 0.2) is 5.79 Å². The molecular formula is C11H22O2. The van der Waals surface area contributed by atoms with Gasteiger partial charge in [-0.05, 0) is 12.8 Å². The molecule has 0 N–H and O–H groups in total. The molecular weight excluding hydrogens is 164 g/mol. The molecule has 0 aromatic heterocycles. The van der Waals surface area contributed by atoms with Crippen LogP contribution in [0.4, 0.5) is 0 Å².